The van der Waals surface area contributed by atoms with Gasteiger partial charge in [-0.25, -0.2) is 0 Å². The van der Waals surface area contributed by atoms with Crippen LogP contribution in [0.25, 0.3) is 0 Å². The molecule has 4 nitrogen and oxygen atoms in total. The number of nitro groups is 1. The lowest BCUT2D eigenvalue weighted by Crippen LogP contribution is -1.99. The molecule has 0 aliphatic carbocycles. The van der Waals surface area contributed by atoms with Gasteiger partial charge in [0.15, 0.2) is 0 Å². The van der Waals surface area contributed by atoms with Crippen LogP contribution in [0.15, 0.2) is 18.3 Å². The Hall–Kier alpha value is -1.10. The molecule has 0 aromatic carbocycles. The van der Waals surface area contributed by atoms with Gasteiger partial charge in [-0.15, -0.1) is 0 Å². The first-order valence-corrected chi connectivity index (χ1v) is 5.07. The highest BCUT2D eigenvalue weighted by molar-refractivity contribution is 7.98. The molecule has 0 aliphatic heterocycles. The third-order valence-corrected chi connectivity index (χ3v) is 2.74. The van der Waals surface area contributed by atoms with Gasteiger partial charge in [-0.1, -0.05) is 0 Å². The van der Waals surface area contributed by atoms with Crippen LogP contribution in [-0.4, -0.2) is 16.2 Å². The maximum absolute atomic E-state index is 10.6. The first-order valence-electron chi connectivity index (χ1n) is 3.79. The molecule has 0 fully saturated rings. The molecule has 0 spiro atoms. The fraction of sp³-hybridized carbons (Fsp3) is 0.375. The molecule has 1 unspecified atom stereocenters. The highest BCUT2D eigenvalue weighted by atomic mass is 32.2. The summed E-state index contributed by atoms with van der Waals surface area (Å²) in [7, 11) is 0. The monoisotopic (exact) mass is 198 g/mol. The molecule has 0 N–H and O–H groups in total. The highest BCUT2D eigenvalue weighted by Crippen LogP contribution is 2.30. The lowest BCUT2D eigenvalue weighted by molar-refractivity contribution is -0.390. The molecule has 1 aromatic rings. The maximum Gasteiger partial charge on any atom is 0.367 e. The number of rotatable bonds is 3. The van der Waals surface area contributed by atoms with Crippen LogP contribution in [0.4, 0.5) is 5.82 Å². The summed E-state index contributed by atoms with van der Waals surface area (Å²) in [4.78, 5) is 13.9. The molecular formula is C8H10N2O2S. The summed E-state index contributed by atoms with van der Waals surface area (Å²) in [6.45, 7) is 1.93. The molecule has 13 heavy (non-hydrogen) atoms. The fourth-order valence-corrected chi connectivity index (χ4v) is 1.44. The molecule has 5 heteroatoms. The lowest BCUT2D eigenvalue weighted by atomic mass is 10.2. The van der Waals surface area contributed by atoms with E-state index >= 15 is 0 Å². The minimum atomic E-state index is -0.442. The van der Waals surface area contributed by atoms with Crippen LogP contribution < -0.4 is 0 Å². The Labute approximate surface area is 80.5 Å². The average molecular weight is 198 g/mol. The first-order chi connectivity index (χ1) is 6.16. The molecule has 0 saturated heterocycles. The van der Waals surface area contributed by atoms with E-state index in [4.69, 9.17) is 0 Å². The van der Waals surface area contributed by atoms with Crippen molar-refractivity contribution in [3.63, 3.8) is 0 Å². The minimum absolute atomic E-state index is 0.0376. The molecule has 0 radical (unpaired) electrons. The predicted octanol–water partition coefficient (Wildman–Crippen LogP) is 2.41. The molecule has 1 heterocycles. The zero-order chi connectivity index (χ0) is 9.84. The average Bonchev–Trinajstić information content (AvgIpc) is 2.16. The van der Waals surface area contributed by atoms with E-state index in [2.05, 4.69) is 4.98 Å². The Bertz CT molecular complexity index is 317. The van der Waals surface area contributed by atoms with Crippen LogP contribution in [0.2, 0.25) is 0 Å². The van der Waals surface area contributed by atoms with Gasteiger partial charge in [0.2, 0.25) is 0 Å². The van der Waals surface area contributed by atoms with Crippen molar-refractivity contribution in [3.8, 4) is 0 Å². The summed E-state index contributed by atoms with van der Waals surface area (Å²) < 4.78 is 0. The molecule has 70 valence electrons. The summed E-state index contributed by atoms with van der Waals surface area (Å²) in [6, 6.07) is 3.46. The Kier molecular flexibility index (Phi) is 3.25. The van der Waals surface area contributed by atoms with Gasteiger partial charge >= 0.3 is 5.82 Å². The molecule has 1 aromatic heterocycles. The van der Waals surface area contributed by atoms with E-state index in [1.165, 1.54) is 6.20 Å². The number of thioether (sulfide) groups is 1. The van der Waals surface area contributed by atoms with Gasteiger partial charge in [0.1, 0.15) is 6.20 Å². The van der Waals surface area contributed by atoms with Crippen LogP contribution in [-0.2, 0) is 0 Å². The van der Waals surface area contributed by atoms with Crippen LogP contribution >= 0.6 is 11.8 Å². The van der Waals surface area contributed by atoms with Crippen molar-refractivity contribution >= 4 is 17.6 Å². The van der Waals surface area contributed by atoms with Crippen molar-refractivity contribution in [2.75, 3.05) is 6.26 Å². The van der Waals surface area contributed by atoms with Gasteiger partial charge in [-0.2, -0.15) is 11.8 Å². The Morgan fingerprint density at radius 3 is 2.92 bits per heavy atom. The van der Waals surface area contributed by atoms with E-state index in [1.54, 1.807) is 23.9 Å². The summed E-state index contributed by atoms with van der Waals surface area (Å²) in [5.41, 5.74) is 0.681. The first kappa shape index (κ1) is 9.98. The van der Waals surface area contributed by atoms with Gasteiger partial charge < -0.3 is 10.1 Å². The zero-order valence-electron chi connectivity index (χ0n) is 7.43. The third kappa shape index (κ3) is 2.18. The fourth-order valence-electron chi connectivity index (χ4n) is 1.01. The SMILES string of the molecule is CSC(C)c1cccnc1[N+](=O)[O-]. The molecule has 1 atom stereocenters. The molecule has 0 aliphatic rings. The van der Waals surface area contributed by atoms with Gasteiger partial charge in [0, 0.05) is 5.25 Å². The third-order valence-electron chi connectivity index (χ3n) is 1.78. The van der Waals surface area contributed by atoms with E-state index in [1.807, 2.05) is 13.2 Å². The number of nitrogens with zero attached hydrogens (tertiary/aromatic N) is 2. The van der Waals surface area contributed by atoms with Crippen molar-refractivity contribution in [1.82, 2.24) is 4.98 Å². The number of hydrogen-bond acceptors (Lipinski definition) is 4. The van der Waals surface area contributed by atoms with E-state index in [0.717, 1.165) is 0 Å². The number of aromatic nitrogens is 1. The molecule has 0 bridgehead atoms. The molecule has 0 saturated carbocycles. The zero-order valence-corrected chi connectivity index (χ0v) is 8.25. The Balaban J connectivity index is 3.11. The van der Waals surface area contributed by atoms with Crippen molar-refractivity contribution < 1.29 is 4.92 Å². The summed E-state index contributed by atoms with van der Waals surface area (Å²) >= 11 is 1.56. The normalized spacial score (nSPS) is 12.5. The highest BCUT2D eigenvalue weighted by Gasteiger charge is 2.18. The molecule has 1 rings (SSSR count). The number of pyridine rings is 1. The Morgan fingerprint density at radius 1 is 1.69 bits per heavy atom. The van der Waals surface area contributed by atoms with Gasteiger partial charge in [0.25, 0.3) is 0 Å². The summed E-state index contributed by atoms with van der Waals surface area (Å²) in [6.07, 6.45) is 3.36. The molecule has 0 amide bonds. The summed E-state index contributed by atoms with van der Waals surface area (Å²) in [5, 5.41) is 10.7. The molecular weight excluding hydrogens is 188 g/mol. The van der Waals surface area contributed by atoms with Gasteiger partial charge in [0.05, 0.1) is 5.56 Å². The second-order valence-electron chi connectivity index (χ2n) is 2.55. The topological polar surface area (TPSA) is 56.0 Å². The van der Waals surface area contributed by atoms with Gasteiger partial charge in [-0.05, 0) is 35.2 Å². The van der Waals surface area contributed by atoms with E-state index in [9.17, 15) is 10.1 Å². The second-order valence-corrected chi connectivity index (χ2v) is 3.73. The van der Waals surface area contributed by atoms with Crippen LogP contribution in [0.5, 0.6) is 0 Å². The van der Waals surface area contributed by atoms with Crippen molar-refractivity contribution in [1.29, 1.82) is 0 Å². The van der Waals surface area contributed by atoms with E-state index in [-0.39, 0.29) is 11.1 Å². The van der Waals surface area contributed by atoms with Crippen molar-refractivity contribution in [2.45, 2.75) is 12.2 Å². The van der Waals surface area contributed by atoms with Crippen LogP contribution in [0, 0.1) is 10.1 Å². The van der Waals surface area contributed by atoms with Crippen LogP contribution in [0.1, 0.15) is 17.7 Å². The number of hydrogen-bond donors (Lipinski definition) is 0. The second kappa shape index (κ2) is 4.23. The smallest absolute Gasteiger partial charge is 0.358 e. The lowest BCUT2D eigenvalue weighted by Gasteiger charge is -2.07. The largest absolute Gasteiger partial charge is 0.367 e. The van der Waals surface area contributed by atoms with E-state index < -0.39 is 4.92 Å². The summed E-state index contributed by atoms with van der Waals surface area (Å²) in [5.74, 6) is -0.0376. The van der Waals surface area contributed by atoms with Crippen molar-refractivity contribution in [2.24, 2.45) is 0 Å². The standard InChI is InChI=1S/C8H10N2O2S/c1-6(13-2)7-4-3-5-9-8(7)10(11)12/h3-6H,1-2H3. The van der Waals surface area contributed by atoms with Gasteiger partial charge in [-0.3, -0.25) is 0 Å². The predicted molar refractivity (Wildman–Crippen MR) is 52.8 cm³/mol. The van der Waals surface area contributed by atoms with E-state index in [0.29, 0.717) is 5.56 Å². The quantitative estimate of drug-likeness (QED) is 0.552. The minimum Gasteiger partial charge on any atom is -0.358 e. The Morgan fingerprint density at radius 2 is 2.38 bits per heavy atom. The van der Waals surface area contributed by atoms with Crippen LogP contribution in [0.3, 0.4) is 0 Å². The van der Waals surface area contributed by atoms with Crippen molar-refractivity contribution in [3.05, 3.63) is 34.0 Å². The maximum atomic E-state index is 10.6.